The molecule has 0 aliphatic heterocycles. The molecule has 0 N–H and O–H groups in total. The number of nitrogens with zero attached hydrogens (tertiary/aromatic N) is 2. The molecule has 0 aliphatic carbocycles. The molecule has 2 aromatic carbocycles. The minimum atomic E-state index is 0.214. The number of para-hydroxylation sites is 1. The molecule has 19 heavy (non-hydrogen) atoms. The molecule has 0 aromatic heterocycles. The molecule has 0 spiro atoms. The molecule has 0 heterocycles. The van der Waals surface area contributed by atoms with Crippen molar-refractivity contribution in [2.45, 2.75) is 0 Å². The number of benzene rings is 2. The minimum absolute atomic E-state index is 0.214. The average molecular weight is 289 g/mol. The number of ether oxygens (including phenoxy) is 1. The zero-order valence-corrected chi connectivity index (χ0v) is 11.0. The Morgan fingerprint density at radius 1 is 0.895 bits per heavy atom. The van der Waals surface area contributed by atoms with Crippen LogP contribution in [0.5, 0.6) is 11.5 Å². The summed E-state index contributed by atoms with van der Waals surface area (Å²) in [6.07, 6.45) is 0. The van der Waals surface area contributed by atoms with Crippen LogP contribution in [0.3, 0.4) is 0 Å². The van der Waals surface area contributed by atoms with Crippen molar-refractivity contribution in [3.63, 3.8) is 0 Å². The van der Waals surface area contributed by atoms with Crippen LogP contribution < -0.4 is 4.74 Å². The normalized spacial score (nSPS) is 9.47. The van der Waals surface area contributed by atoms with Crippen LogP contribution in [0.15, 0.2) is 36.4 Å². The first-order chi connectivity index (χ1) is 9.15. The van der Waals surface area contributed by atoms with Crippen LogP contribution in [0, 0.1) is 22.7 Å². The molecular formula is C14H6Cl2N2O. The van der Waals surface area contributed by atoms with Crippen LogP contribution in [0.2, 0.25) is 10.0 Å². The highest BCUT2D eigenvalue weighted by Gasteiger charge is 2.11. The first kappa shape index (κ1) is 13.2. The molecule has 0 aliphatic rings. The maximum absolute atomic E-state index is 9.03. The van der Waals surface area contributed by atoms with Gasteiger partial charge in [0.2, 0.25) is 0 Å². The van der Waals surface area contributed by atoms with Crippen molar-refractivity contribution in [3.05, 3.63) is 57.6 Å². The first-order valence-corrected chi connectivity index (χ1v) is 5.97. The number of hydrogen-bond acceptors (Lipinski definition) is 3. The zero-order valence-electron chi connectivity index (χ0n) is 9.52. The third-order valence-corrected chi connectivity index (χ3v) is 3.11. The summed E-state index contributed by atoms with van der Waals surface area (Å²) in [7, 11) is 0. The Morgan fingerprint density at radius 3 is 2.05 bits per heavy atom. The fourth-order valence-corrected chi connectivity index (χ4v) is 1.77. The fourth-order valence-electron chi connectivity index (χ4n) is 1.48. The third kappa shape index (κ3) is 2.80. The second kappa shape index (κ2) is 5.63. The van der Waals surface area contributed by atoms with Gasteiger partial charge in [0, 0.05) is 6.07 Å². The highest BCUT2D eigenvalue weighted by Crippen LogP contribution is 2.32. The van der Waals surface area contributed by atoms with Crippen molar-refractivity contribution in [2.75, 3.05) is 0 Å². The third-order valence-electron chi connectivity index (χ3n) is 2.37. The second-order valence-corrected chi connectivity index (χ2v) is 4.40. The molecule has 0 saturated carbocycles. The van der Waals surface area contributed by atoms with Crippen molar-refractivity contribution < 1.29 is 4.74 Å². The van der Waals surface area contributed by atoms with E-state index in [1.165, 1.54) is 6.07 Å². The molecule has 0 unspecified atom stereocenters. The number of hydrogen-bond donors (Lipinski definition) is 0. The van der Waals surface area contributed by atoms with Gasteiger partial charge in [-0.2, -0.15) is 10.5 Å². The Bertz CT molecular complexity index is 682. The molecule has 0 bridgehead atoms. The van der Waals surface area contributed by atoms with Gasteiger partial charge in [0.05, 0.1) is 21.2 Å². The van der Waals surface area contributed by atoms with Crippen LogP contribution in [0.1, 0.15) is 11.1 Å². The van der Waals surface area contributed by atoms with Gasteiger partial charge >= 0.3 is 0 Å². The Morgan fingerprint density at radius 2 is 1.53 bits per heavy atom. The number of halogens is 2. The molecule has 0 amide bonds. The van der Waals surface area contributed by atoms with E-state index in [0.29, 0.717) is 15.8 Å². The largest absolute Gasteiger partial charge is 0.455 e. The van der Waals surface area contributed by atoms with Gasteiger partial charge in [-0.3, -0.25) is 0 Å². The fraction of sp³-hybridized carbons (Fsp3) is 0. The smallest absolute Gasteiger partial charge is 0.162 e. The van der Waals surface area contributed by atoms with E-state index in [0.717, 1.165) is 0 Å². The van der Waals surface area contributed by atoms with E-state index in [4.69, 9.17) is 38.5 Å². The molecule has 3 nitrogen and oxygen atoms in total. The predicted octanol–water partition coefficient (Wildman–Crippen LogP) is 4.53. The van der Waals surface area contributed by atoms with Crippen molar-refractivity contribution >= 4 is 23.2 Å². The SMILES string of the molecule is N#Cc1cccc(C#N)c1Oc1ccc(Cl)c(Cl)c1. The van der Waals surface area contributed by atoms with Gasteiger partial charge in [-0.05, 0) is 24.3 Å². The van der Waals surface area contributed by atoms with E-state index >= 15 is 0 Å². The molecule has 2 rings (SSSR count). The summed E-state index contributed by atoms with van der Waals surface area (Å²) in [5, 5.41) is 18.8. The second-order valence-electron chi connectivity index (χ2n) is 3.58. The topological polar surface area (TPSA) is 56.8 Å². The van der Waals surface area contributed by atoms with Crippen LogP contribution in [0.4, 0.5) is 0 Å². The Balaban J connectivity index is 2.46. The van der Waals surface area contributed by atoms with Gasteiger partial charge in [0.25, 0.3) is 0 Å². The summed E-state index contributed by atoms with van der Waals surface area (Å²) in [6, 6.07) is 13.5. The van der Waals surface area contributed by atoms with Crippen LogP contribution in [0.25, 0.3) is 0 Å². The van der Waals surface area contributed by atoms with E-state index in [1.807, 2.05) is 12.1 Å². The van der Waals surface area contributed by atoms with E-state index < -0.39 is 0 Å². The molecule has 0 atom stereocenters. The average Bonchev–Trinajstić information content (AvgIpc) is 2.43. The molecule has 0 saturated heterocycles. The van der Waals surface area contributed by atoms with Gasteiger partial charge in [-0.25, -0.2) is 0 Å². The van der Waals surface area contributed by atoms with Gasteiger partial charge in [-0.1, -0.05) is 29.3 Å². The summed E-state index contributed by atoms with van der Waals surface area (Å²) in [5.74, 6) is 0.625. The molecule has 2 aromatic rings. The van der Waals surface area contributed by atoms with E-state index in [1.54, 1.807) is 30.3 Å². The van der Waals surface area contributed by atoms with Gasteiger partial charge in [0.15, 0.2) is 5.75 Å². The van der Waals surface area contributed by atoms with E-state index in [9.17, 15) is 0 Å². The maximum Gasteiger partial charge on any atom is 0.162 e. The molecule has 5 heteroatoms. The van der Waals surface area contributed by atoms with E-state index in [2.05, 4.69) is 0 Å². The van der Waals surface area contributed by atoms with Crippen molar-refractivity contribution in [1.29, 1.82) is 10.5 Å². The van der Waals surface area contributed by atoms with Crippen LogP contribution in [-0.2, 0) is 0 Å². The summed E-state index contributed by atoms with van der Waals surface area (Å²) >= 11 is 11.7. The zero-order chi connectivity index (χ0) is 13.8. The predicted molar refractivity (Wildman–Crippen MR) is 72.4 cm³/mol. The standard InChI is InChI=1S/C14H6Cl2N2O/c15-12-5-4-11(6-13(12)16)19-14-9(7-17)2-1-3-10(14)8-18/h1-6H. The van der Waals surface area contributed by atoms with Crippen molar-refractivity contribution in [3.8, 4) is 23.6 Å². The lowest BCUT2D eigenvalue weighted by Crippen LogP contribution is -1.92. The van der Waals surface area contributed by atoms with Crippen LogP contribution in [-0.4, -0.2) is 0 Å². The summed E-state index contributed by atoms with van der Waals surface area (Å²) < 4.78 is 5.57. The van der Waals surface area contributed by atoms with E-state index in [-0.39, 0.29) is 16.9 Å². The summed E-state index contributed by atoms with van der Waals surface area (Å²) in [5.41, 5.74) is 0.565. The van der Waals surface area contributed by atoms with Crippen molar-refractivity contribution in [2.24, 2.45) is 0 Å². The highest BCUT2D eigenvalue weighted by atomic mass is 35.5. The highest BCUT2D eigenvalue weighted by molar-refractivity contribution is 6.42. The minimum Gasteiger partial charge on any atom is -0.455 e. The molecular weight excluding hydrogens is 283 g/mol. The number of rotatable bonds is 2. The summed E-state index contributed by atoms with van der Waals surface area (Å²) in [4.78, 5) is 0. The maximum atomic E-state index is 9.03. The Labute approximate surface area is 120 Å². The number of nitriles is 2. The Hall–Kier alpha value is -2.20. The molecule has 0 fully saturated rings. The van der Waals surface area contributed by atoms with Crippen LogP contribution >= 0.6 is 23.2 Å². The lowest BCUT2D eigenvalue weighted by atomic mass is 10.1. The van der Waals surface area contributed by atoms with Gasteiger partial charge in [0.1, 0.15) is 17.9 Å². The first-order valence-electron chi connectivity index (χ1n) is 5.22. The summed E-state index contributed by atoms with van der Waals surface area (Å²) in [6.45, 7) is 0. The monoisotopic (exact) mass is 288 g/mol. The van der Waals surface area contributed by atoms with Gasteiger partial charge in [-0.15, -0.1) is 0 Å². The molecule has 0 radical (unpaired) electrons. The lowest BCUT2D eigenvalue weighted by Gasteiger charge is -2.09. The molecule has 92 valence electrons. The quantitative estimate of drug-likeness (QED) is 0.816. The lowest BCUT2D eigenvalue weighted by molar-refractivity contribution is 0.479. The van der Waals surface area contributed by atoms with Crippen molar-refractivity contribution in [1.82, 2.24) is 0 Å². The van der Waals surface area contributed by atoms with Gasteiger partial charge < -0.3 is 4.74 Å². The Kier molecular flexibility index (Phi) is 3.92.